The third-order valence-electron chi connectivity index (χ3n) is 6.79. The van der Waals surface area contributed by atoms with Gasteiger partial charge in [-0.3, -0.25) is 10.1 Å². The molecule has 0 radical (unpaired) electrons. The van der Waals surface area contributed by atoms with Crippen molar-refractivity contribution in [3.05, 3.63) is 98.1 Å². The Morgan fingerprint density at radius 2 is 1.38 bits per heavy atom. The van der Waals surface area contributed by atoms with E-state index in [9.17, 15) is 46.7 Å². The lowest BCUT2D eigenvalue weighted by molar-refractivity contribution is -0.384. The van der Waals surface area contributed by atoms with Crippen LogP contribution < -0.4 is 4.74 Å². The standard InChI is InChI=1S/C16H11ClF3NO4.C10H9F3O/c17-13-7-10(21(23)24)2-4-14(13)25-11-3-1-9-5-6-15(22,12(9)8-11)16(18,19)20;11-10(12,13)9(14)6-5-7-3-1-2-4-8(7)9/h1-4,7-8,22H,5-6H2;1-4,14H,5-6H2. The van der Waals surface area contributed by atoms with Gasteiger partial charge in [0, 0.05) is 12.1 Å². The van der Waals surface area contributed by atoms with E-state index in [2.05, 4.69) is 0 Å². The highest BCUT2D eigenvalue weighted by atomic mass is 35.5. The Balaban J connectivity index is 0.000000212. The molecule has 5 rings (SSSR count). The van der Waals surface area contributed by atoms with Gasteiger partial charge in [-0.05, 0) is 66.1 Å². The zero-order valence-corrected chi connectivity index (χ0v) is 20.6. The lowest BCUT2D eigenvalue weighted by Crippen LogP contribution is -2.40. The van der Waals surface area contributed by atoms with Gasteiger partial charge in [0.25, 0.3) is 5.69 Å². The van der Waals surface area contributed by atoms with E-state index >= 15 is 0 Å². The summed E-state index contributed by atoms with van der Waals surface area (Å²) in [5.41, 5.74) is -5.06. The first-order chi connectivity index (χ1) is 18.1. The van der Waals surface area contributed by atoms with Gasteiger partial charge in [-0.15, -0.1) is 0 Å². The SMILES string of the molecule is O=[N+]([O-])c1ccc(Oc2ccc3c(c2)C(O)(C(F)(F)F)CC3)c(Cl)c1.OC1(C(F)(F)F)CCc2ccccc21. The van der Waals surface area contributed by atoms with E-state index in [0.29, 0.717) is 11.1 Å². The van der Waals surface area contributed by atoms with Crippen LogP contribution in [0, 0.1) is 10.1 Å². The average Bonchev–Trinajstić information content (AvgIpc) is 3.39. The number of aliphatic hydroxyl groups is 2. The lowest BCUT2D eigenvalue weighted by Gasteiger charge is -2.27. The molecule has 0 fully saturated rings. The number of hydrogen-bond donors (Lipinski definition) is 2. The summed E-state index contributed by atoms with van der Waals surface area (Å²) >= 11 is 5.91. The first-order valence-corrected chi connectivity index (χ1v) is 11.9. The van der Waals surface area contributed by atoms with E-state index in [4.69, 9.17) is 16.3 Å². The van der Waals surface area contributed by atoms with Crippen LogP contribution >= 0.6 is 11.6 Å². The predicted octanol–water partition coefficient (Wildman–Crippen LogP) is 7.12. The van der Waals surface area contributed by atoms with Gasteiger partial charge in [0.15, 0.2) is 11.2 Å². The summed E-state index contributed by atoms with van der Waals surface area (Å²) in [6.45, 7) is 0. The summed E-state index contributed by atoms with van der Waals surface area (Å²) in [5, 5.41) is 30.2. The van der Waals surface area contributed by atoms with E-state index < -0.39 is 34.9 Å². The van der Waals surface area contributed by atoms with Crippen molar-refractivity contribution < 1.29 is 46.2 Å². The van der Waals surface area contributed by atoms with Crippen LogP contribution in [0.25, 0.3) is 0 Å². The number of nitro benzene ring substituents is 1. The zero-order valence-electron chi connectivity index (χ0n) is 19.8. The first-order valence-electron chi connectivity index (χ1n) is 11.5. The molecule has 2 unspecified atom stereocenters. The lowest BCUT2D eigenvalue weighted by atomic mass is 9.95. The van der Waals surface area contributed by atoms with Crippen molar-refractivity contribution in [1.29, 1.82) is 0 Å². The number of halogens is 7. The number of alkyl halides is 6. The highest BCUT2D eigenvalue weighted by Gasteiger charge is 2.58. The number of nitrogens with zero attached hydrogens (tertiary/aromatic N) is 1. The van der Waals surface area contributed by atoms with Crippen molar-refractivity contribution in [2.45, 2.75) is 49.2 Å². The molecule has 2 N–H and O–H groups in total. The Kier molecular flexibility index (Phi) is 7.34. The van der Waals surface area contributed by atoms with Crippen molar-refractivity contribution in [2.24, 2.45) is 0 Å². The average molecular weight is 576 g/mol. The number of hydrogen-bond acceptors (Lipinski definition) is 5. The smallest absolute Gasteiger partial charge is 0.421 e. The van der Waals surface area contributed by atoms with Crippen LogP contribution in [0.5, 0.6) is 11.5 Å². The van der Waals surface area contributed by atoms with Crippen LogP contribution in [-0.4, -0.2) is 27.5 Å². The van der Waals surface area contributed by atoms with E-state index in [1.165, 1.54) is 36.4 Å². The zero-order chi connectivity index (χ0) is 28.8. The Labute approximate surface area is 222 Å². The Morgan fingerprint density at radius 1 is 0.821 bits per heavy atom. The van der Waals surface area contributed by atoms with Crippen LogP contribution in [0.4, 0.5) is 32.0 Å². The molecule has 39 heavy (non-hydrogen) atoms. The maximum Gasteiger partial charge on any atom is 0.421 e. The minimum atomic E-state index is -4.80. The number of rotatable bonds is 3. The summed E-state index contributed by atoms with van der Waals surface area (Å²) in [4.78, 5) is 10.1. The summed E-state index contributed by atoms with van der Waals surface area (Å²) in [5.74, 6) is 0.0971. The molecule has 0 bridgehead atoms. The van der Waals surface area contributed by atoms with Gasteiger partial charge in [0.05, 0.1) is 9.95 Å². The molecule has 3 aromatic rings. The molecule has 13 heteroatoms. The van der Waals surface area contributed by atoms with Gasteiger partial charge < -0.3 is 14.9 Å². The Bertz CT molecular complexity index is 1410. The van der Waals surface area contributed by atoms with Crippen molar-refractivity contribution in [2.75, 3.05) is 0 Å². The summed E-state index contributed by atoms with van der Waals surface area (Å²) in [6.07, 6.45) is -9.72. The molecule has 0 aliphatic heterocycles. The molecule has 0 amide bonds. The summed E-state index contributed by atoms with van der Waals surface area (Å²) in [7, 11) is 0. The quantitative estimate of drug-likeness (QED) is 0.197. The summed E-state index contributed by atoms with van der Waals surface area (Å²) < 4.78 is 82.7. The van der Waals surface area contributed by atoms with Gasteiger partial charge in [-0.2, -0.15) is 26.3 Å². The largest absolute Gasteiger partial charge is 0.456 e. The van der Waals surface area contributed by atoms with E-state index in [-0.39, 0.29) is 52.6 Å². The molecule has 0 saturated carbocycles. The molecular formula is C26H20ClF6NO5. The van der Waals surface area contributed by atoms with Crippen LogP contribution in [0.2, 0.25) is 5.02 Å². The van der Waals surface area contributed by atoms with E-state index in [0.717, 1.165) is 12.1 Å². The topological polar surface area (TPSA) is 92.8 Å². The third-order valence-corrected chi connectivity index (χ3v) is 7.09. The molecule has 6 nitrogen and oxygen atoms in total. The van der Waals surface area contributed by atoms with Crippen molar-refractivity contribution in [1.82, 2.24) is 0 Å². The number of ether oxygens (including phenoxy) is 1. The molecule has 0 heterocycles. The highest BCUT2D eigenvalue weighted by molar-refractivity contribution is 6.32. The van der Waals surface area contributed by atoms with Crippen LogP contribution in [0.15, 0.2) is 60.7 Å². The Morgan fingerprint density at radius 3 is 1.95 bits per heavy atom. The molecule has 2 aliphatic rings. The van der Waals surface area contributed by atoms with Crippen LogP contribution in [0.3, 0.4) is 0 Å². The van der Waals surface area contributed by atoms with Crippen molar-refractivity contribution in [3.63, 3.8) is 0 Å². The number of benzene rings is 3. The molecule has 0 aromatic heterocycles. The highest BCUT2D eigenvalue weighted by Crippen LogP contribution is 2.50. The van der Waals surface area contributed by atoms with Crippen LogP contribution in [-0.2, 0) is 24.0 Å². The third kappa shape index (κ3) is 5.28. The molecule has 2 aliphatic carbocycles. The normalized spacial score (nSPS) is 22.0. The van der Waals surface area contributed by atoms with Crippen molar-refractivity contribution >= 4 is 17.3 Å². The fourth-order valence-corrected chi connectivity index (χ4v) is 4.88. The molecule has 2 atom stereocenters. The molecule has 208 valence electrons. The van der Waals surface area contributed by atoms with Gasteiger partial charge in [0.1, 0.15) is 11.5 Å². The van der Waals surface area contributed by atoms with Crippen LogP contribution in [0.1, 0.15) is 35.1 Å². The fraction of sp³-hybridized carbons (Fsp3) is 0.308. The number of fused-ring (bicyclic) bond motifs is 2. The monoisotopic (exact) mass is 575 g/mol. The fourth-order valence-electron chi connectivity index (χ4n) is 4.67. The minimum Gasteiger partial charge on any atom is -0.456 e. The van der Waals surface area contributed by atoms with Gasteiger partial charge >= 0.3 is 12.4 Å². The van der Waals surface area contributed by atoms with Gasteiger partial charge in [-0.25, -0.2) is 0 Å². The first kappa shape index (κ1) is 28.7. The molecule has 0 saturated heterocycles. The minimum absolute atomic E-state index is 0.00694. The second-order valence-corrected chi connectivity index (χ2v) is 9.57. The predicted molar refractivity (Wildman–Crippen MR) is 128 cm³/mol. The van der Waals surface area contributed by atoms with Gasteiger partial charge in [-0.1, -0.05) is 41.9 Å². The maximum atomic E-state index is 13.2. The van der Waals surface area contributed by atoms with Gasteiger partial charge in [0.2, 0.25) is 0 Å². The van der Waals surface area contributed by atoms with E-state index in [1.54, 1.807) is 12.1 Å². The molecule has 0 spiro atoms. The number of non-ortho nitro benzene ring substituents is 1. The van der Waals surface area contributed by atoms with E-state index in [1.807, 2.05) is 0 Å². The molecular weight excluding hydrogens is 556 g/mol. The number of nitro groups is 1. The second kappa shape index (κ2) is 10.00. The second-order valence-electron chi connectivity index (χ2n) is 9.17. The number of aryl methyl sites for hydroxylation is 2. The Hall–Kier alpha value is -3.35. The maximum absolute atomic E-state index is 13.2. The summed E-state index contributed by atoms with van der Waals surface area (Å²) in [6, 6.07) is 13.7. The molecule has 3 aromatic carbocycles. The van der Waals surface area contributed by atoms with Crippen molar-refractivity contribution in [3.8, 4) is 11.5 Å².